The molecule has 0 bridgehead atoms. The van der Waals surface area contributed by atoms with Crippen LogP contribution in [-0.2, 0) is 4.79 Å². The first-order valence-corrected chi connectivity index (χ1v) is 5.53. The van der Waals surface area contributed by atoms with Crippen LogP contribution in [0.25, 0.3) is 0 Å². The second-order valence-corrected chi connectivity index (χ2v) is 2.75. The van der Waals surface area contributed by atoms with Crippen molar-refractivity contribution in [3.8, 4) is 0 Å². The lowest BCUT2D eigenvalue weighted by Crippen LogP contribution is -2.04. The average Bonchev–Trinajstić information content (AvgIpc) is 2.22. The van der Waals surface area contributed by atoms with Gasteiger partial charge in [-0.3, -0.25) is 4.79 Å². The van der Waals surface area contributed by atoms with E-state index in [4.69, 9.17) is 0 Å². The molecule has 1 aromatic rings. The van der Waals surface area contributed by atoms with Crippen LogP contribution >= 0.6 is 0 Å². The molecule has 0 saturated heterocycles. The molecule has 0 radical (unpaired) electrons. The van der Waals surface area contributed by atoms with Gasteiger partial charge in [-0.2, -0.15) is 0 Å². The van der Waals surface area contributed by atoms with Crippen molar-refractivity contribution in [3.63, 3.8) is 0 Å². The first kappa shape index (κ1) is 16.1. The average molecular weight is 211 g/mol. The Morgan fingerprint density at radius 2 is 1.60 bits per heavy atom. The number of para-hydroxylation sites is 1. The van der Waals surface area contributed by atoms with Gasteiger partial charge in [-0.25, -0.2) is 0 Å². The first-order chi connectivity index (χ1) is 7.20. The molecule has 1 aromatic carbocycles. The van der Waals surface area contributed by atoms with Crippen molar-refractivity contribution in [2.75, 3.05) is 5.32 Å². The normalized spacial score (nSPS) is 7.53. The summed E-state index contributed by atoms with van der Waals surface area (Å²) in [4.78, 5) is 10.5. The van der Waals surface area contributed by atoms with Crippen LogP contribution in [0.3, 0.4) is 0 Å². The predicted octanol–water partition coefficient (Wildman–Crippen LogP) is 4.33. The Kier molecular flexibility index (Phi) is 13.6. The summed E-state index contributed by atoms with van der Waals surface area (Å²) in [5.74, 6) is -0.0359. The van der Waals surface area contributed by atoms with E-state index in [1.165, 1.54) is 13.3 Å². The Morgan fingerprint density at radius 3 is 1.93 bits per heavy atom. The molecule has 88 valence electrons. The van der Waals surface area contributed by atoms with E-state index < -0.39 is 0 Å². The van der Waals surface area contributed by atoms with Gasteiger partial charge in [0.2, 0.25) is 5.91 Å². The summed E-state index contributed by atoms with van der Waals surface area (Å²) < 4.78 is 0. The van der Waals surface area contributed by atoms with Gasteiger partial charge in [0.15, 0.2) is 0 Å². The fourth-order valence-electron chi connectivity index (χ4n) is 0.725. The van der Waals surface area contributed by atoms with Crippen LogP contribution < -0.4 is 5.32 Å². The van der Waals surface area contributed by atoms with Crippen molar-refractivity contribution in [1.29, 1.82) is 0 Å². The Hall–Kier alpha value is -1.31. The number of benzene rings is 1. The van der Waals surface area contributed by atoms with Gasteiger partial charge in [0.05, 0.1) is 0 Å². The minimum atomic E-state index is -0.0359. The van der Waals surface area contributed by atoms with E-state index in [-0.39, 0.29) is 7.33 Å². The fourth-order valence-corrected chi connectivity index (χ4v) is 0.725. The fraction of sp³-hybridized carbons (Fsp3) is 0.462. The molecule has 0 unspecified atom stereocenters. The van der Waals surface area contributed by atoms with Crippen molar-refractivity contribution in [1.82, 2.24) is 0 Å². The Labute approximate surface area is 95.2 Å². The molecule has 0 heterocycles. The number of amides is 1. The maximum Gasteiger partial charge on any atom is 0.221 e. The molecule has 2 heteroatoms. The van der Waals surface area contributed by atoms with Crippen molar-refractivity contribution in [2.45, 2.75) is 41.0 Å². The molecule has 1 rings (SSSR count). The lowest BCUT2D eigenvalue weighted by atomic mass is 10.3. The van der Waals surface area contributed by atoms with Crippen LogP contribution in [0, 0.1) is 0 Å². The minimum absolute atomic E-state index is 0. The first-order valence-electron chi connectivity index (χ1n) is 5.53. The summed E-state index contributed by atoms with van der Waals surface area (Å²) >= 11 is 0. The van der Waals surface area contributed by atoms with E-state index in [1.807, 2.05) is 44.2 Å². The van der Waals surface area contributed by atoms with Crippen LogP contribution in [0.5, 0.6) is 0 Å². The number of carbonyl (C=O) groups excluding carboxylic acids is 1. The molecular formula is C13H25NO. The van der Waals surface area contributed by atoms with Crippen molar-refractivity contribution >= 4 is 11.6 Å². The Balaban J connectivity index is -0.000000246. The zero-order valence-electron chi connectivity index (χ0n) is 10.5. The second-order valence-electron chi connectivity index (χ2n) is 2.75. The third-order valence-corrected chi connectivity index (χ3v) is 1.09. The summed E-state index contributed by atoms with van der Waals surface area (Å²) in [6.07, 6.45) is 1.25. The molecule has 15 heavy (non-hydrogen) atoms. The molecule has 0 fully saturated rings. The molecule has 1 amide bonds. The van der Waals surface area contributed by atoms with E-state index in [0.29, 0.717) is 0 Å². The van der Waals surface area contributed by atoms with Gasteiger partial charge in [0.25, 0.3) is 0 Å². The van der Waals surface area contributed by atoms with E-state index in [9.17, 15) is 4.79 Å². The quantitative estimate of drug-likeness (QED) is 0.736. The molecule has 0 aromatic heterocycles. The van der Waals surface area contributed by atoms with Crippen LogP contribution in [-0.4, -0.2) is 5.91 Å². The van der Waals surface area contributed by atoms with Gasteiger partial charge in [-0.15, -0.1) is 0 Å². The van der Waals surface area contributed by atoms with Gasteiger partial charge < -0.3 is 5.32 Å². The van der Waals surface area contributed by atoms with E-state index in [2.05, 4.69) is 19.2 Å². The minimum Gasteiger partial charge on any atom is -0.326 e. The number of hydrogen-bond acceptors (Lipinski definition) is 1. The van der Waals surface area contributed by atoms with Crippen LogP contribution in [0.15, 0.2) is 30.3 Å². The molecule has 2 nitrogen and oxygen atoms in total. The maximum absolute atomic E-state index is 10.5. The SMILES string of the molecule is CC.CC(=O)Nc1ccccc1.CCC.[HH]. The predicted molar refractivity (Wildman–Crippen MR) is 70.2 cm³/mol. The smallest absolute Gasteiger partial charge is 0.221 e. The molecular weight excluding hydrogens is 186 g/mol. The third-order valence-electron chi connectivity index (χ3n) is 1.09. The molecule has 0 aliphatic rings. The summed E-state index contributed by atoms with van der Waals surface area (Å²) in [5, 5.41) is 2.67. The maximum atomic E-state index is 10.5. The number of nitrogens with one attached hydrogen (secondary N) is 1. The molecule has 0 saturated carbocycles. The number of carbonyl (C=O) groups is 1. The van der Waals surface area contributed by atoms with E-state index in [0.717, 1.165) is 5.69 Å². The number of rotatable bonds is 1. The van der Waals surface area contributed by atoms with Crippen molar-refractivity contribution in [3.05, 3.63) is 30.3 Å². The van der Waals surface area contributed by atoms with Crippen LogP contribution in [0.1, 0.15) is 42.5 Å². The summed E-state index contributed by atoms with van der Waals surface area (Å²) in [6, 6.07) is 9.37. The summed E-state index contributed by atoms with van der Waals surface area (Å²) in [7, 11) is 0. The second kappa shape index (κ2) is 12.7. The van der Waals surface area contributed by atoms with Crippen LogP contribution in [0.2, 0.25) is 0 Å². The van der Waals surface area contributed by atoms with Gasteiger partial charge in [0, 0.05) is 14.0 Å². The number of anilines is 1. The van der Waals surface area contributed by atoms with E-state index in [1.54, 1.807) is 0 Å². The van der Waals surface area contributed by atoms with Crippen LogP contribution in [0.4, 0.5) is 5.69 Å². The topological polar surface area (TPSA) is 29.1 Å². The largest absolute Gasteiger partial charge is 0.326 e. The lowest BCUT2D eigenvalue weighted by molar-refractivity contribution is -0.114. The Bertz CT molecular complexity index is 237. The highest BCUT2D eigenvalue weighted by atomic mass is 16.1. The summed E-state index contributed by atoms with van der Waals surface area (Å²) in [6.45, 7) is 9.74. The highest BCUT2D eigenvalue weighted by Gasteiger charge is 1.90. The molecule has 0 aliphatic carbocycles. The van der Waals surface area contributed by atoms with Gasteiger partial charge >= 0.3 is 0 Å². The highest BCUT2D eigenvalue weighted by molar-refractivity contribution is 5.88. The van der Waals surface area contributed by atoms with Gasteiger partial charge in [0.1, 0.15) is 0 Å². The zero-order chi connectivity index (χ0) is 12.1. The zero-order valence-corrected chi connectivity index (χ0v) is 10.5. The third kappa shape index (κ3) is 12.7. The summed E-state index contributed by atoms with van der Waals surface area (Å²) in [5.41, 5.74) is 0.843. The van der Waals surface area contributed by atoms with E-state index >= 15 is 0 Å². The molecule has 0 aliphatic heterocycles. The van der Waals surface area contributed by atoms with Gasteiger partial charge in [-0.1, -0.05) is 52.3 Å². The van der Waals surface area contributed by atoms with Crippen molar-refractivity contribution < 1.29 is 6.22 Å². The lowest BCUT2D eigenvalue weighted by Gasteiger charge is -1.98. The standard InChI is InChI=1S/C8H9NO.C3H8.C2H6.H2/c1-7(10)9-8-5-3-2-4-6-8;1-3-2;1-2;/h2-6H,1H3,(H,9,10);3H2,1-2H3;1-2H3;1H. The number of hydrogen-bond donors (Lipinski definition) is 1. The molecule has 1 N–H and O–H groups in total. The highest BCUT2D eigenvalue weighted by Crippen LogP contribution is 2.03. The molecule has 0 atom stereocenters. The van der Waals surface area contributed by atoms with Gasteiger partial charge in [-0.05, 0) is 12.1 Å². The monoisotopic (exact) mass is 211 g/mol. The van der Waals surface area contributed by atoms with Crippen molar-refractivity contribution in [2.24, 2.45) is 0 Å². The Morgan fingerprint density at radius 1 is 1.20 bits per heavy atom. The molecule has 0 spiro atoms.